The molecule has 0 amide bonds. The lowest BCUT2D eigenvalue weighted by molar-refractivity contribution is -0.676. The van der Waals surface area contributed by atoms with Crippen LogP contribution in [0.1, 0.15) is 5.82 Å². The molecule has 3 aromatic carbocycles. The Hall–Kier alpha value is -4.58. The Morgan fingerprint density at radius 1 is 0.771 bits per heavy atom. The second-order valence-corrected chi connectivity index (χ2v) is 8.34. The van der Waals surface area contributed by atoms with Gasteiger partial charge in [-0.3, -0.25) is 0 Å². The number of aryl methyl sites for hydroxylation is 1. The van der Waals surface area contributed by atoms with Gasteiger partial charge in [0.2, 0.25) is 11.4 Å². The Bertz CT molecular complexity index is 1400. The van der Waals surface area contributed by atoms with E-state index in [1.165, 1.54) is 6.20 Å². The zero-order valence-corrected chi connectivity index (χ0v) is 19.4. The van der Waals surface area contributed by atoms with E-state index in [0.717, 1.165) is 33.6 Å². The van der Waals surface area contributed by atoms with Gasteiger partial charge in [0.15, 0.2) is 18.9 Å². The van der Waals surface area contributed by atoms with Gasteiger partial charge in [0.25, 0.3) is 0 Å². The van der Waals surface area contributed by atoms with Crippen molar-refractivity contribution in [3.8, 4) is 33.6 Å². The van der Waals surface area contributed by atoms with Crippen molar-refractivity contribution in [3.05, 3.63) is 125 Å². The molecule has 0 radical (unpaired) electrons. The first-order valence-corrected chi connectivity index (χ1v) is 11.5. The number of nitrogens with zero attached hydrogens (tertiary/aromatic N) is 4. The van der Waals surface area contributed by atoms with E-state index >= 15 is 0 Å². The van der Waals surface area contributed by atoms with Gasteiger partial charge in [0.1, 0.15) is 6.20 Å². The molecule has 2 heterocycles. The first-order chi connectivity index (χ1) is 17.1. The molecule has 5 rings (SSSR count). The standard InChI is InChI=1S/C29H25N4O2/c1-22-30-21-29(33(34)35)31(22)17-18-32-27(24-13-7-3-8-14-24)19-26(23-11-5-2-6-12-23)20-28(32)25-15-9-4-10-16-25/h2-16,19-21H,17-18H2,1H3/q+1. The van der Waals surface area contributed by atoms with E-state index in [4.69, 9.17) is 0 Å². The molecule has 0 aliphatic rings. The fourth-order valence-corrected chi connectivity index (χ4v) is 4.43. The summed E-state index contributed by atoms with van der Waals surface area (Å²) < 4.78 is 3.92. The van der Waals surface area contributed by atoms with Crippen molar-refractivity contribution < 1.29 is 9.49 Å². The van der Waals surface area contributed by atoms with Gasteiger partial charge in [-0.05, 0) is 40.3 Å². The van der Waals surface area contributed by atoms with Crippen molar-refractivity contribution in [2.45, 2.75) is 20.0 Å². The summed E-state index contributed by atoms with van der Waals surface area (Å²) in [5.41, 5.74) is 6.51. The maximum absolute atomic E-state index is 11.6. The normalized spacial score (nSPS) is 10.9. The van der Waals surface area contributed by atoms with Gasteiger partial charge in [-0.15, -0.1) is 0 Å². The van der Waals surface area contributed by atoms with Crippen LogP contribution in [0.25, 0.3) is 33.6 Å². The van der Waals surface area contributed by atoms with E-state index < -0.39 is 0 Å². The summed E-state index contributed by atoms with van der Waals surface area (Å²) >= 11 is 0. The van der Waals surface area contributed by atoms with Crippen molar-refractivity contribution >= 4 is 5.82 Å². The summed E-state index contributed by atoms with van der Waals surface area (Å²) in [6.45, 7) is 2.77. The van der Waals surface area contributed by atoms with Gasteiger partial charge in [0.05, 0.1) is 0 Å². The first-order valence-electron chi connectivity index (χ1n) is 11.5. The first kappa shape index (κ1) is 22.2. The maximum Gasteiger partial charge on any atom is 0.343 e. The predicted molar refractivity (Wildman–Crippen MR) is 137 cm³/mol. The molecule has 0 N–H and O–H groups in total. The van der Waals surface area contributed by atoms with Crippen LogP contribution in [0.2, 0.25) is 0 Å². The highest BCUT2D eigenvalue weighted by atomic mass is 16.6. The molecule has 0 atom stereocenters. The Kier molecular flexibility index (Phi) is 6.18. The maximum atomic E-state index is 11.6. The molecule has 0 saturated heterocycles. The zero-order valence-electron chi connectivity index (χ0n) is 19.4. The largest absolute Gasteiger partial charge is 0.358 e. The number of aromatic nitrogens is 3. The number of imidazole rings is 1. The Labute approximate surface area is 203 Å². The van der Waals surface area contributed by atoms with Gasteiger partial charge in [0, 0.05) is 30.2 Å². The molecular weight excluding hydrogens is 436 g/mol. The van der Waals surface area contributed by atoms with Gasteiger partial charge < -0.3 is 10.1 Å². The minimum absolute atomic E-state index is 0.00604. The highest BCUT2D eigenvalue weighted by Crippen LogP contribution is 2.29. The number of rotatable bonds is 7. The van der Waals surface area contributed by atoms with Crippen molar-refractivity contribution in [3.63, 3.8) is 0 Å². The monoisotopic (exact) mass is 461 g/mol. The molecule has 172 valence electrons. The van der Waals surface area contributed by atoms with Gasteiger partial charge in [-0.1, -0.05) is 66.7 Å². The summed E-state index contributed by atoms with van der Waals surface area (Å²) in [6.07, 6.45) is 1.33. The summed E-state index contributed by atoms with van der Waals surface area (Å²) in [4.78, 5) is 15.4. The zero-order chi connectivity index (χ0) is 24.2. The lowest BCUT2D eigenvalue weighted by atomic mass is 9.99. The van der Waals surface area contributed by atoms with Gasteiger partial charge in [-0.2, -0.15) is 4.57 Å². The molecule has 35 heavy (non-hydrogen) atoms. The number of pyridine rings is 1. The molecular formula is C29H25N4O2+. The molecule has 0 spiro atoms. The topological polar surface area (TPSA) is 64.8 Å². The molecule has 0 fully saturated rings. The number of hydrogen-bond acceptors (Lipinski definition) is 3. The molecule has 0 aliphatic heterocycles. The minimum Gasteiger partial charge on any atom is -0.358 e. The highest BCUT2D eigenvalue weighted by molar-refractivity contribution is 5.73. The average molecular weight is 462 g/mol. The Morgan fingerprint density at radius 3 is 1.74 bits per heavy atom. The second kappa shape index (κ2) is 9.73. The van der Waals surface area contributed by atoms with E-state index in [9.17, 15) is 10.1 Å². The lowest BCUT2D eigenvalue weighted by Crippen LogP contribution is -2.41. The average Bonchev–Trinajstić information content (AvgIpc) is 3.29. The van der Waals surface area contributed by atoms with Crippen molar-refractivity contribution in [1.82, 2.24) is 9.55 Å². The summed E-state index contributed by atoms with van der Waals surface area (Å²) in [5.74, 6) is 0.632. The van der Waals surface area contributed by atoms with E-state index in [-0.39, 0.29) is 10.7 Å². The molecule has 0 aliphatic carbocycles. The number of hydrogen-bond donors (Lipinski definition) is 0. The molecule has 0 bridgehead atoms. The van der Waals surface area contributed by atoms with Crippen LogP contribution in [0.15, 0.2) is 109 Å². The quantitative estimate of drug-likeness (QED) is 0.167. The minimum atomic E-state index is -0.376. The fourth-order valence-electron chi connectivity index (χ4n) is 4.43. The molecule has 2 aromatic heterocycles. The van der Waals surface area contributed by atoms with Crippen LogP contribution in [0.5, 0.6) is 0 Å². The van der Waals surface area contributed by atoms with Crippen LogP contribution < -0.4 is 4.57 Å². The fraction of sp³-hybridized carbons (Fsp3) is 0.103. The Balaban J connectivity index is 1.71. The number of nitro groups is 1. The van der Waals surface area contributed by atoms with Crippen LogP contribution in [-0.4, -0.2) is 14.5 Å². The molecule has 0 unspecified atom stereocenters. The number of benzene rings is 3. The summed E-state index contributed by atoms with van der Waals surface area (Å²) in [5, 5.41) is 11.6. The van der Waals surface area contributed by atoms with Gasteiger partial charge >= 0.3 is 5.82 Å². The van der Waals surface area contributed by atoms with Gasteiger partial charge in [-0.25, -0.2) is 9.55 Å². The molecule has 5 aromatic rings. The van der Waals surface area contributed by atoms with Crippen molar-refractivity contribution in [1.29, 1.82) is 0 Å². The van der Waals surface area contributed by atoms with Crippen molar-refractivity contribution in [2.75, 3.05) is 0 Å². The van der Waals surface area contributed by atoms with Crippen LogP contribution >= 0.6 is 0 Å². The van der Waals surface area contributed by atoms with E-state index in [1.807, 2.05) is 54.6 Å². The van der Waals surface area contributed by atoms with E-state index in [2.05, 4.69) is 58.1 Å². The lowest BCUT2D eigenvalue weighted by Gasteiger charge is -2.13. The third kappa shape index (κ3) is 4.59. The third-order valence-electron chi connectivity index (χ3n) is 6.18. The van der Waals surface area contributed by atoms with E-state index in [0.29, 0.717) is 18.9 Å². The smallest absolute Gasteiger partial charge is 0.343 e. The summed E-state index contributed by atoms with van der Waals surface area (Å²) in [7, 11) is 0. The van der Waals surface area contributed by atoms with Crippen LogP contribution in [0.4, 0.5) is 5.82 Å². The molecule has 0 saturated carbocycles. The van der Waals surface area contributed by atoms with Crippen LogP contribution in [-0.2, 0) is 13.1 Å². The van der Waals surface area contributed by atoms with Crippen molar-refractivity contribution in [2.24, 2.45) is 0 Å². The third-order valence-corrected chi connectivity index (χ3v) is 6.18. The van der Waals surface area contributed by atoms with Crippen LogP contribution in [0, 0.1) is 17.0 Å². The highest BCUT2D eigenvalue weighted by Gasteiger charge is 2.25. The van der Waals surface area contributed by atoms with E-state index in [1.54, 1.807) is 11.5 Å². The Morgan fingerprint density at radius 2 is 1.26 bits per heavy atom. The summed E-state index contributed by atoms with van der Waals surface area (Å²) in [6, 6.07) is 35.2. The molecule has 6 heteroatoms. The molecule has 6 nitrogen and oxygen atoms in total. The SMILES string of the molecule is Cc1ncc([N+](=O)[O-])n1CC[n+]1c(-c2ccccc2)cc(-c2ccccc2)cc1-c1ccccc1. The second-order valence-electron chi connectivity index (χ2n) is 8.34. The predicted octanol–water partition coefficient (Wildman–Crippen LogP) is 6.09. The van der Waals surface area contributed by atoms with Crippen LogP contribution in [0.3, 0.4) is 0 Å².